The highest BCUT2D eigenvalue weighted by atomic mass is 19.1. The zero-order valence-corrected chi connectivity index (χ0v) is 24.6. The third-order valence-corrected chi connectivity index (χ3v) is 8.10. The van der Waals surface area contributed by atoms with Crippen molar-refractivity contribution in [3.8, 4) is 11.8 Å². The second kappa shape index (κ2) is 13.5. The van der Waals surface area contributed by atoms with Crippen molar-refractivity contribution >= 4 is 17.0 Å². The number of esters is 1. The molecule has 0 spiro atoms. The number of piperidine rings is 1. The lowest BCUT2D eigenvalue weighted by Crippen LogP contribution is -2.38. The number of rotatable bonds is 11. The first-order valence-corrected chi connectivity index (χ1v) is 14.8. The standard InChI is InChI=1S/C33H34FN5O5/c1-41-33(40)23-6-7-29-30(16-23)39(18-27-11-14-42-27)32(37-29)19-38-12-9-26(10-13-38)43-20-24-3-2-4-25(36-24)21-44-31-8-5-22(17-35)15-28(31)34/h2-8,15-16,26-27H,9-14,18-21H2,1H3/t27-/m0/s1. The number of methoxy groups -OCH3 is 1. The number of fused-ring (bicyclic) bond motifs is 1. The van der Waals surface area contributed by atoms with Crippen molar-refractivity contribution in [1.82, 2.24) is 19.4 Å². The van der Waals surface area contributed by atoms with E-state index in [4.69, 9.17) is 29.2 Å². The Morgan fingerprint density at radius 3 is 2.57 bits per heavy atom. The van der Waals surface area contributed by atoms with Gasteiger partial charge in [-0.3, -0.25) is 9.88 Å². The molecular weight excluding hydrogens is 565 g/mol. The molecule has 11 heteroatoms. The number of halogens is 1. The summed E-state index contributed by atoms with van der Waals surface area (Å²) in [6.07, 6.45) is 3.06. The van der Waals surface area contributed by atoms with E-state index in [1.165, 1.54) is 19.2 Å². The van der Waals surface area contributed by atoms with Crippen LogP contribution in [0.4, 0.5) is 4.39 Å². The second-order valence-electron chi connectivity index (χ2n) is 11.1. The molecule has 0 saturated carbocycles. The first-order valence-electron chi connectivity index (χ1n) is 14.8. The number of ether oxygens (including phenoxy) is 4. The summed E-state index contributed by atoms with van der Waals surface area (Å²) in [4.78, 5) is 24.1. The minimum atomic E-state index is -0.577. The molecule has 4 heterocycles. The van der Waals surface area contributed by atoms with Crippen LogP contribution in [0.1, 0.15) is 52.4 Å². The number of pyridine rings is 1. The SMILES string of the molecule is COC(=O)c1ccc2nc(CN3CCC(OCc4cccc(COc5ccc(C#N)cc5F)n4)CC3)n(C[C@@H]3CCO3)c2c1. The molecule has 0 N–H and O–H groups in total. The summed E-state index contributed by atoms with van der Waals surface area (Å²) in [5.74, 6) is 0.0993. The molecule has 44 heavy (non-hydrogen) atoms. The van der Waals surface area contributed by atoms with Crippen molar-refractivity contribution in [3.63, 3.8) is 0 Å². The summed E-state index contributed by atoms with van der Waals surface area (Å²) in [5, 5.41) is 8.91. The molecule has 0 unspecified atom stereocenters. The fourth-order valence-electron chi connectivity index (χ4n) is 5.54. The Bertz CT molecular complexity index is 1670. The maximum Gasteiger partial charge on any atom is 0.337 e. The van der Waals surface area contributed by atoms with Gasteiger partial charge in [-0.2, -0.15) is 5.26 Å². The van der Waals surface area contributed by atoms with Crippen LogP contribution in [0.25, 0.3) is 11.0 Å². The van der Waals surface area contributed by atoms with Crippen molar-refractivity contribution < 1.29 is 28.1 Å². The Morgan fingerprint density at radius 1 is 1.07 bits per heavy atom. The fourth-order valence-corrected chi connectivity index (χ4v) is 5.54. The number of aromatic nitrogens is 3. The Morgan fingerprint density at radius 2 is 1.86 bits per heavy atom. The van der Waals surface area contributed by atoms with Gasteiger partial charge in [0.1, 0.15) is 12.4 Å². The van der Waals surface area contributed by atoms with Gasteiger partial charge in [-0.15, -0.1) is 0 Å². The van der Waals surface area contributed by atoms with Crippen LogP contribution in [-0.4, -0.2) is 64.4 Å². The molecule has 4 aromatic rings. The molecular formula is C33H34FN5O5. The average molecular weight is 600 g/mol. The molecule has 2 aromatic carbocycles. The molecule has 0 aliphatic carbocycles. The summed E-state index contributed by atoms with van der Waals surface area (Å²) in [6, 6.07) is 17.1. The van der Waals surface area contributed by atoms with Crippen LogP contribution in [0.5, 0.6) is 5.75 Å². The molecule has 228 valence electrons. The predicted molar refractivity (Wildman–Crippen MR) is 158 cm³/mol. The van der Waals surface area contributed by atoms with E-state index in [0.717, 1.165) is 67.6 Å². The second-order valence-corrected chi connectivity index (χ2v) is 11.1. The Labute approximate surface area is 254 Å². The van der Waals surface area contributed by atoms with Crippen molar-refractivity contribution in [1.29, 1.82) is 5.26 Å². The van der Waals surface area contributed by atoms with E-state index in [-0.39, 0.29) is 36.1 Å². The summed E-state index contributed by atoms with van der Waals surface area (Å²) in [5.41, 5.74) is 3.97. The van der Waals surface area contributed by atoms with Gasteiger partial charge in [0.2, 0.25) is 0 Å². The molecule has 6 rings (SSSR count). The van der Waals surface area contributed by atoms with E-state index >= 15 is 0 Å². The van der Waals surface area contributed by atoms with Gasteiger partial charge in [0, 0.05) is 19.7 Å². The molecule has 2 aliphatic rings. The topological polar surface area (TPSA) is 112 Å². The summed E-state index contributed by atoms with van der Waals surface area (Å²) in [6.45, 7) is 4.41. The molecule has 1 atom stereocenters. The van der Waals surface area contributed by atoms with Crippen LogP contribution in [0.2, 0.25) is 0 Å². The average Bonchev–Trinajstić information content (AvgIpc) is 3.37. The van der Waals surface area contributed by atoms with E-state index in [0.29, 0.717) is 31.0 Å². The van der Waals surface area contributed by atoms with Crippen molar-refractivity contribution in [2.75, 3.05) is 26.8 Å². The maximum absolute atomic E-state index is 14.1. The minimum Gasteiger partial charge on any atom is -0.484 e. The summed E-state index contributed by atoms with van der Waals surface area (Å²) < 4.78 is 38.8. The third-order valence-electron chi connectivity index (χ3n) is 8.10. The number of hydrogen-bond donors (Lipinski definition) is 0. The highest BCUT2D eigenvalue weighted by Gasteiger charge is 2.25. The van der Waals surface area contributed by atoms with E-state index in [1.54, 1.807) is 6.07 Å². The molecule has 10 nitrogen and oxygen atoms in total. The highest BCUT2D eigenvalue weighted by molar-refractivity contribution is 5.93. The highest BCUT2D eigenvalue weighted by Crippen LogP contribution is 2.25. The number of imidazole rings is 1. The van der Waals surface area contributed by atoms with Crippen LogP contribution in [0.15, 0.2) is 54.6 Å². The van der Waals surface area contributed by atoms with Crippen molar-refractivity contribution in [3.05, 3.63) is 88.8 Å². The predicted octanol–water partition coefficient (Wildman–Crippen LogP) is 4.78. The van der Waals surface area contributed by atoms with E-state index < -0.39 is 5.82 Å². The number of carbonyl (C=O) groups is 1. The summed E-state index contributed by atoms with van der Waals surface area (Å²) in [7, 11) is 1.39. The maximum atomic E-state index is 14.1. The molecule has 0 bridgehead atoms. The van der Waals surface area contributed by atoms with Gasteiger partial charge in [0.25, 0.3) is 0 Å². The lowest BCUT2D eigenvalue weighted by Gasteiger charge is -2.32. The van der Waals surface area contributed by atoms with Gasteiger partial charge in [-0.1, -0.05) is 6.07 Å². The Kier molecular flexibility index (Phi) is 9.12. The fraction of sp³-hybridized carbons (Fsp3) is 0.394. The minimum absolute atomic E-state index is 0.0806. The van der Waals surface area contributed by atoms with Gasteiger partial charge < -0.3 is 23.5 Å². The Balaban J connectivity index is 1.02. The normalized spacial score (nSPS) is 17.2. The number of nitrogens with zero attached hydrogens (tertiary/aromatic N) is 5. The van der Waals surface area contributed by atoms with Crippen LogP contribution >= 0.6 is 0 Å². The molecule has 0 amide bonds. The van der Waals surface area contributed by atoms with Gasteiger partial charge in [-0.05, 0) is 67.8 Å². The largest absolute Gasteiger partial charge is 0.484 e. The quantitative estimate of drug-likeness (QED) is 0.225. The zero-order valence-electron chi connectivity index (χ0n) is 24.6. The number of nitriles is 1. The van der Waals surface area contributed by atoms with Crippen LogP contribution in [0.3, 0.4) is 0 Å². The molecule has 2 fully saturated rings. The Hall–Kier alpha value is -4.37. The van der Waals surface area contributed by atoms with Crippen molar-refractivity contribution in [2.45, 2.75) is 57.8 Å². The van der Waals surface area contributed by atoms with E-state index in [1.807, 2.05) is 36.4 Å². The monoisotopic (exact) mass is 599 g/mol. The van der Waals surface area contributed by atoms with E-state index in [2.05, 4.69) is 14.5 Å². The first kappa shape index (κ1) is 29.7. The third kappa shape index (κ3) is 6.89. The van der Waals surface area contributed by atoms with Crippen LogP contribution in [-0.2, 0) is 40.5 Å². The zero-order chi connectivity index (χ0) is 30.5. The van der Waals surface area contributed by atoms with Gasteiger partial charge in [-0.25, -0.2) is 14.2 Å². The first-order chi connectivity index (χ1) is 21.5. The van der Waals surface area contributed by atoms with Crippen LogP contribution < -0.4 is 4.74 Å². The molecule has 2 aromatic heterocycles. The van der Waals surface area contributed by atoms with E-state index in [9.17, 15) is 9.18 Å². The number of hydrogen-bond acceptors (Lipinski definition) is 9. The lowest BCUT2D eigenvalue weighted by atomic mass is 10.1. The lowest BCUT2D eigenvalue weighted by molar-refractivity contribution is -0.0593. The number of likely N-dealkylation sites (tertiary alicyclic amines) is 1. The van der Waals surface area contributed by atoms with Gasteiger partial charge >= 0.3 is 5.97 Å². The summed E-state index contributed by atoms with van der Waals surface area (Å²) >= 11 is 0. The molecule has 0 radical (unpaired) electrons. The smallest absolute Gasteiger partial charge is 0.337 e. The van der Waals surface area contributed by atoms with Crippen LogP contribution in [0, 0.1) is 17.1 Å². The molecule has 2 saturated heterocycles. The van der Waals surface area contributed by atoms with Gasteiger partial charge in [0.15, 0.2) is 11.6 Å². The molecule has 2 aliphatic heterocycles. The number of benzene rings is 2. The van der Waals surface area contributed by atoms with Gasteiger partial charge in [0.05, 0.1) is 78.6 Å². The number of carbonyl (C=O) groups excluding carboxylic acids is 1. The van der Waals surface area contributed by atoms with Crippen molar-refractivity contribution in [2.24, 2.45) is 0 Å².